The molecule has 3 rings (SSSR count). The van der Waals surface area contributed by atoms with Gasteiger partial charge in [-0.1, -0.05) is 12.1 Å². The number of fused-ring (bicyclic) bond motifs is 1. The number of nitrogens with one attached hydrogen (secondary N) is 1. The number of benzene rings is 1. The minimum Gasteiger partial charge on any atom is -0.376 e. The first-order chi connectivity index (χ1) is 10.6. The first-order valence-electron chi connectivity index (χ1n) is 7.32. The van der Waals surface area contributed by atoms with E-state index in [0.717, 1.165) is 18.7 Å². The third-order valence-corrected chi connectivity index (χ3v) is 4.92. The Kier molecular flexibility index (Phi) is 4.24. The van der Waals surface area contributed by atoms with Crippen LogP contribution in [0.15, 0.2) is 35.7 Å². The first-order valence-corrected chi connectivity index (χ1v) is 8.20. The highest BCUT2D eigenvalue weighted by atomic mass is 32.1. The van der Waals surface area contributed by atoms with Crippen molar-refractivity contribution in [2.75, 3.05) is 18.4 Å². The molecular formula is C17H18N2O2S. The van der Waals surface area contributed by atoms with E-state index < -0.39 is 0 Å². The largest absolute Gasteiger partial charge is 0.376 e. The summed E-state index contributed by atoms with van der Waals surface area (Å²) in [6.07, 6.45) is 0.933. The normalized spacial score (nSPS) is 13.6. The standard InChI is InChI=1S/C17H18N2O2S/c1-12(20)14-4-2-3-5-15(14)18-10-17(21)19-8-6-16-13(11-19)7-9-22-16/h2-5,7,9,18H,6,8,10-11H2,1H3. The van der Waals surface area contributed by atoms with Gasteiger partial charge in [-0.2, -0.15) is 0 Å². The predicted molar refractivity (Wildman–Crippen MR) is 88.4 cm³/mol. The number of ketones is 1. The highest BCUT2D eigenvalue weighted by Crippen LogP contribution is 2.24. The Morgan fingerprint density at radius 1 is 1.27 bits per heavy atom. The molecule has 0 saturated carbocycles. The number of hydrogen-bond donors (Lipinski definition) is 1. The average Bonchev–Trinajstić information content (AvgIpc) is 3.00. The molecule has 22 heavy (non-hydrogen) atoms. The first kappa shape index (κ1) is 14.8. The summed E-state index contributed by atoms with van der Waals surface area (Å²) in [5, 5.41) is 5.18. The molecule has 2 aromatic rings. The molecule has 0 fully saturated rings. The van der Waals surface area contributed by atoms with Gasteiger partial charge >= 0.3 is 0 Å². The molecule has 114 valence electrons. The van der Waals surface area contributed by atoms with E-state index >= 15 is 0 Å². The van der Waals surface area contributed by atoms with Crippen LogP contribution in [-0.2, 0) is 17.8 Å². The average molecular weight is 314 g/mol. The highest BCUT2D eigenvalue weighted by molar-refractivity contribution is 7.10. The van der Waals surface area contributed by atoms with Crippen molar-refractivity contribution >= 4 is 28.7 Å². The van der Waals surface area contributed by atoms with Crippen molar-refractivity contribution in [2.45, 2.75) is 19.9 Å². The molecule has 0 unspecified atom stereocenters. The van der Waals surface area contributed by atoms with Crippen molar-refractivity contribution in [2.24, 2.45) is 0 Å². The van der Waals surface area contributed by atoms with Gasteiger partial charge in [-0.25, -0.2) is 0 Å². The number of anilines is 1. The van der Waals surface area contributed by atoms with E-state index in [1.54, 1.807) is 17.4 Å². The maximum absolute atomic E-state index is 12.4. The van der Waals surface area contributed by atoms with Crippen molar-refractivity contribution in [3.8, 4) is 0 Å². The highest BCUT2D eigenvalue weighted by Gasteiger charge is 2.21. The van der Waals surface area contributed by atoms with E-state index in [1.807, 2.05) is 23.1 Å². The molecule has 1 N–H and O–H groups in total. The second-order valence-corrected chi connectivity index (χ2v) is 6.39. The zero-order valence-electron chi connectivity index (χ0n) is 12.5. The summed E-state index contributed by atoms with van der Waals surface area (Å²) in [6, 6.07) is 9.38. The molecule has 1 amide bonds. The maximum atomic E-state index is 12.4. The number of nitrogens with zero attached hydrogens (tertiary/aromatic N) is 1. The minimum atomic E-state index is -0.00330. The lowest BCUT2D eigenvalue weighted by atomic mass is 10.1. The van der Waals surface area contributed by atoms with E-state index in [0.29, 0.717) is 12.1 Å². The molecule has 5 heteroatoms. The Morgan fingerprint density at radius 3 is 2.91 bits per heavy atom. The molecular weight excluding hydrogens is 296 g/mol. The van der Waals surface area contributed by atoms with Crippen LogP contribution in [0.4, 0.5) is 5.69 Å². The number of thiophene rings is 1. The number of hydrogen-bond acceptors (Lipinski definition) is 4. The predicted octanol–water partition coefficient (Wildman–Crippen LogP) is 2.95. The quantitative estimate of drug-likeness (QED) is 0.883. The second-order valence-electron chi connectivity index (χ2n) is 5.39. The van der Waals surface area contributed by atoms with Crippen LogP contribution in [0.25, 0.3) is 0 Å². The van der Waals surface area contributed by atoms with Crippen LogP contribution in [-0.4, -0.2) is 29.7 Å². The van der Waals surface area contributed by atoms with Crippen LogP contribution in [0.2, 0.25) is 0 Å². The Labute approximate surface area is 133 Å². The third-order valence-electron chi connectivity index (χ3n) is 3.90. The van der Waals surface area contributed by atoms with Crippen molar-refractivity contribution in [1.29, 1.82) is 0 Å². The SMILES string of the molecule is CC(=O)c1ccccc1NCC(=O)N1CCc2sccc2C1. The number of carbonyl (C=O) groups excluding carboxylic acids is 2. The summed E-state index contributed by atoms with van der Waals surface area (Å²) < 4.78 is 0. The Morgan fingerprint density at radius 2 is 2.09 bits per heavy atom. The summed E-state index contributed by atoms with van der Waals surface area (Å²) in [5.41, 5.74) is 2.60. The Bertz CT molecular complexity index is 708. The molecule has 0 atom stereocenters. The van der Waals surface area contributed by atoms with Crippen LogP contribution >= 0.6 is 11.3 Å². The zero-order chi connectivity index (χ0) is 15.5. The van der Waals surface area contributed by atoms with Crippen LogP contribution in [0, 0.1) is 0 Å². The fraction of sp³-hybridized carbons (Fsp3) is 0.294. The Hall–Kier alpha value is -2.14. The lowest BCUT2D eigenvalue weighted by Gasteiger charge is -2.27. The van der Waals surface area contributed by atoms with Gasteiger partial charge in [-0.05, 0) is 42.5 Å². The number of rotatable bonds is 4. The van der Waals surface area contributed by atoms with Crippen LogP contribution in [0.1, 0.15) is 27.7 Å². The number of amides is 1. The summed E-state index contributed by atoms with van der Waals surface area (Å²) in [7, 11) is 0. The van der Waals surface area contributed by atoms with Gasteiger partial charge in [0.25, 0.3) is 0 Å². The molecule has 1 aromatic carbocycles. The van der Waals surface area contributed by atoms with E-state index in [1.165, 1.54) is 17.4 Å². The molecule has 1 aliphatic rings. The summed E-state index contributed by atoms with van der Waals surface area (Å²) in [6.45, 7) is 3.20. The second kappa shape index (κ2) is 6.32. The maximum Gasteiger partial charge on any atom is 0.242 e. The topological polar surface area (TPSA) is 49.4 Å². The fourth-order valence-electron chi connectivity index (χ4n) is 2.69. The van der Waals surface area contributed by atoms with Gasteiger partial charge in [0.2, 0.25) is 5.91 Å². The lowest BCUT2D eigenvalue weighted by Crippen LogP contribution is -2.38. The molecule has 1 aliphatic heterocycles. The third kappa shape index (κ3) is 3.04. The molecule has 0 bridgehead atoms. The van der Waals surface area contributed by atoms with Gasteiger partial charge in [0.15, 0.2) is 5.78 Å². The van der Waals surface area contributed by atoms with Crippen LogP contribution < -0.4 is 5.32 Å². The van der Waals surface area contributed by atoms with E-state index in [9.17, 15) is 9.59 Å². The van der Waals surface area contributed by atoms with Gasteiger partial charge in [0.1, 0.15) is 0 Å². The van der Waals surface area contributed by atoms with Crippen LogP contribution in [0.3, 0.4) is 0 Å². The zero-order valence-corrected chi connectivity index (χ0v) is 13.3. The van der Waals surface area contributed by atoms with Crippen molar-refractivity contribution in [3.05, 3.63) is 51.7 Å². The lowest BCUT2D eigenvalue weighted by molar-refractivity contribution is -0.130. The summed E-state index contributed by atoms with van der Waals surface area (Å²) in [4.78, 5) is 27.2. The van der Waals surface area contributed by atoms with Gasteiger partial charge < -0.3 is 10.2 Å². The molecule has 0 aliphatic carbocycles. The van der Waals surface area contributed by atoms with Crippen molar-refractivity contribution in [1.82, 2.24) is 4.90 Å². The van der Waals surface area contributed by atoms with Crippen LogP contribution in [0.5, 0.6) is 0 Å². The summed E-state index contributed by atoms with van der Waals surface area (Å²) >= 11 is 1.76. The smallest absolute Gasteiger partial charge is 0.242 e. The van der Waals surface area contributed by atoms with E-state index in [2.05, 4.69) is 16.8 Å². The number of carbonyl (C=O) groups is 2. The molecule has 1 aromatic heterocycles. The fourth-order valence-corrected chi connectivity index (χ4v) is 3.58. The van der Waals surface area contributed by atoms with Gasteiger partial charge in [0, 0.05) is 29.2 Å². The Balaban J connectivity index is 1.63. The molecule has 0 saturated heterocycles. The molecule has 4 nitrogen and oxygen atoms in total. The monoisotopic (exact) mass is 314 g/mol. The number of Topliss-reactive ketones (excluding diaryl/α,β-unsaturated/α-hetero) is 1. The van der Waals surface area contributed by atoms with Gasteiger partial charge in [-0.15, -0.1) is 11.3 Å². The van der Waals surface area contributed by atoms with Crippen molar-refractivity contribution in [3.63, 3.8) is 0 Å². The molecule has 2 heterocycles. The number of para-hydroxylation sites is 1. The van der Waals surface area contributed by atoms with Gasteiger partial charge in [-0.3, -0.25) is 9.59 Å². The van der Waals surface area contributed by atoms with E-state index in [4.69, 9.17) is 0 Å². The molecule has 0 radical (unpaired) electrons. The van der Waals surface area contributed by atoms with E-state index in [-0.39, 0.29) is 18.2 Å². The van der Waals surface area contributed by atoms with Gasteiger partial charge in [0.05, 0.1) is 6.54 Å². The van der Waals surface area contributed by atoms with Crippen molar-refractivity contribution < 1.29 is 9.59 Å². The molecule has 0 spiro atoms. The summed E-state index contributed by atoms with van der Waals surface area (Å²) in [5.74, 6) is 0.0617. The minimum absolute atomic E-state index is 0.00330.